The van der Waals surface area contributed by atoms with E-state index in [9.17, 15) is 27.2 Å². The van der Waals surface area contributed by atoms with Gasteiger partial charge in [0.1, 0.15) is 5.69 Å². The lowest BCUT2D eigenvalue weighted by atomic mass is 9.98. The van der Waals surface area contributed by atoms with Crippen molar-refractivity contribution in [1.29, 1.82) is 0 Å². The van der Waals surface area contributed by atoms with E-state index in [0.717, 1.165) is 6.07 Å². The maximum Gasteiger partial charge on any atom is 0.433 e. The molecule has 0 amide bonds. The SMILES string of the molecule is Nn1c(C(F)(F)F)cc(=O)n(-c2c(F)cc(Cl)c3c2ONC3c2ccccc2)c1=O. The Bertz CT molecular complexity index is 1270. The predicted octanol–water partition coefficient (Wildman–Crippen LogP) is 2.51. The average Bonchev–Trinajstić information content (AvgIpc) is 3.12. The summed E-state index contributed by atoms with van der Waals surface area (Å²) in [6.45, 7) is 0. The third-order valence-corrected chi connectivity index (χ3v) is 4.86. The van der Waals surface area contributed by atoms with E-state index in [4.69, 9.17) is 22.3 Å². The fraction of sp³-hybridized carbons (Fsp3) is 0.111. The minimum atomic E-state index is -5.07. The molecule has 1 atom stereocenters. The van der Waals surface area contributed by atoms with Gasteiger partial charge in [0, 0.05) is 11.6 Å². The third-order valence-electron chi connectivity index (χ3n) is 4.55. The molecule has 0 bridgehead atoms. The van der Waals surface area contributed by atoms with Crippen LogP contribution in [0.4, 0.5) is 17.6 Å². The van der Waals surface area contributed by atoms with Gasteiger partial charge in [-0.15, -0.1) is 5.48 Å². The highest BCUT2D eigenvalue weighted by Gasteiger charge is 2.38. The highest BCUT2D eigenvalue weighted by atomic mass is 35.5. The Kier molecular flexibility index (Phi) is 4.59. The predicted molar refractivity (Wildman–Crippen MR) is 98.5 cm³/mol. The number of hydrogen-bond acceptors (Lipinski definition) is 5. The smallest absolute Gasteiger partial charge is 0.405 e. The largest absolute Gasteiger partial charge is 0.433 e. The van der Waals surface area contributed by atoms with Gasteiger partial charge >= 0.3 is 11.9 Å². The summed E-state index contributed by atoms with van der Waals surface area (Å²) >= 11 is 6.17. The van der Waals surface area contributed by atoms with Crippen LogP contribution in [0.5, 0.6) is 5.75 Å². The monoisotopic (exact) mass is 442 g/mol. The molecule has 3 N–H and O–H groups in total. The second-order valence-electron chi connectivity index (χ2n) is 6.35. The number of rotatable bonds is 2. The van der Waals surface area contributed by atoms with E-state index in [1.165, 1.54) is 0 Å². The molecule has 156 valence electrons. The first-order valence-corrected chi connectivity index (χ1v) is 8.70. The molecule has 0 saturated heterocycles. The lowest BCUT2D eigenvalue weighted by Crippen LogP contribution is -2.45. The molecule has 1 aliphatic rings. The molecule has 0 saturated carbocycles. The van der Waals surface area contributed by atoms with Gasteiger partial charge in [0.15, 0.2) is 17.3 Å². The number of hydrogen-bond donors (Lipinski definition) is 2. The number of fused-ring (bicyclic) bond motifs is 1. The molecule has 0 spiro atoms. The maximum atomic E-state index is 14.8. The number of halogens is 5. The van der Waals surface area contributed by atoms with Crippen LogP contribution in [-0.2, 0) is 6.18 Å². The van der Waals surface area contributed by atoms with Gasteiger partial charge in [0.2, 0.25) is 0 Å². The summed E-state index contributed by atoms with van der Waals surface area (Å²) in [5.74, 6) is 3.77. The van der Waals surface area contributed by atoms with Crippen LogP contribution >= 0.6 is 11.6 Å². The van der Waals surface area contributed by atoms with E-state index >= 15 is 0 Å². The van der Waals surface area contributed by atoms with Gasteiger partial charge in [-0.3, -0.25) is 4.79 Å². The zero-order chi connectivity index (χ0) is 21.8. The molecule has 7 nitrogen and oxygen atoms in total. The first-order chi connectivity index (χ1) is 14.1. The lowest BCUT2D eigenvalue weighted by Gasteiger charge is -2.16. The summed E-state index contributed by atoms with van der Waals surface area (Å²) in [6.07, 6.45) is -5.07. The van der Waals surface area contributed by atoms with Gasteiger partial charge in [-0.25, -0.2) is 18.4 Å². The van der Waals surface area contributed by atoms with Crippen molar-refractivity contribution in [3.05, 3.63) is 91.0 Å². The van der Waals surface area contributed by atoms with E-state index in [2.05, 4.69) is 5.48 Å². The van der Waals surface area contributed by atoms with Crippen LogP contribution in [0.1, 0.15) is 22.9 Å². The molecular weight excluding hydrogens is 432 g/mol. The summed E-state index contributed by atoms with van der Waals surface area (Å²) in [4.78, 5) is 30.2. The van der Waals surface area contributed by atoms with Crippen LogP contribution in [-0.4, -0.2) is 9.24 Å². The van der Waals surface area contributed by atoms with Crippen molar-refractivity contribution in [1.82, 2.24) is 14.7 Å². The second kappa shape index (κ2) is 6.89. The van der Waals surface area contributed by atoms with Crippen LogP contribution in [0.3, 0.4) is 0 Å². The normalized spacial score (nSPS) is 15.7. The number of nitrogens with one attached hydrogen (secondary N) is 1. The van der Waals surface area contributed by atoms with Crippen molar-refractivity contribution in [3.63, 3.8) is 0 Å². The highest BCUT2D eigenvalue weighted by molar-refractivity contribution is 6.31. The van der Waals surface area contributed by atoms with Crippen molar-refractivity contribution in [2.75, 3.05) is 5.84 Å². The third kappa shape index (κ3) is 3.02. The summed E-state index contributed by atoms with van der Waals surface area (Å²) < 4.78 is 53.7. The Morgan fingerprint density at radius 1 is 1.13 bits per heavy atom. The topological polar surface area (TPSA) is 91.3 Å². The minimum absolute atomic E-state index is 0.0712. The zero-order valence-corrected chi connectivity index (χ0v) is 15.5. The second-order valence-corrected chi connectivity index (χ2v) is 6.76. The summed E-state index contributed by atoms with van der Waals surface area (Å²) in [5.41, 5.74) is -1.94. The van der Waals surface area contributed by atoms with Crippen LogP contribution in [0.15, 0.2) is 52.1 Å². The number of nitrogens with zero attached hydrogens (tertiary/aromatic N) is 2. The Morgan fingerprint density at radius 3 is 2.43 bits per heavy atom. The first-order valence-electron chi connectivity index (χ1n) is 8.32. The number of nitrogen functional groups attached to an aromatic ring is 1. The Balaban J connectivity index is 2.00. The molecule has 1 aliphatic heterocycles. The van der Waals surface area contributed by atoms with E-state index in [1.807, 2.05) is 0 Å². The quantitative estimate of drug-likeness (QED) is 0.470. The zero-order valence-electron chi connectivity index (χ0n) is 14.7. The lowest BCUT2D eigenvalue weighted by molar-refractivity contribution is -0.143. The molecule has 0 radical (unpaired) electrons. The van der Waals surface area contributed by atoms with Gasteiger partial charge in [-0.2, -0.15) is 13.2 Å². The first kappa shape index (κ1) is 20.0. The van der Waals surface area contributed by atoms with Gasteiger partial charge in [-0.1, -0.05) is 41.9 Å². The van der Waals surface area contributed by atoms with Gasteiger partial charge in [-0.05, 0) is 11.6 Å². The fourth-order valence-electron chi connectivity index (χ4n) is 3.22. The van der Waals surface area contributed by atoms with Crippen molar-refractivity contribution >= 4 is 11.6 Å². The molecule has 0 aliphatic carbocycles. The molecule has 0 fully saturated rings. The minimum Gasteiger partial charge on any atom is -0.405 e. The molecule has 12 heteroatoms. The van der Waals surface area contributed by atoms with Gasteiger partial charge < -0.3 is 10.7 Å². The van der Waals surface area contributed by atoms with Crippen molar-refractivity contribution in [2.45, 2.75) is 12.2 Å². The summed E-state index contributed by atoms with van der Waals surface area (Å²) in [7, 11) is 0. The van der Waals surface area contributed by atoms with Crippen LogP contribution < -0.4 is 27.4 Å². The van der Waals surface area contributed by atoms with Gasteiger partial charge in [0.25, 0.3) is 5.56 Å². The van der Waals surface area contributed by atoms with E-state index in [-0.39, 0.29) is 31.6 Å². The van der Waals surface area contributed by atoms with Crippen molar-refractivity contribution < 1.29 is 22.4 Å². The molecule has 4 rings (SSSR count). The number of alkyl halides is 3. The number of benzene rings is 2. The molecule has 2 aromatic carbocycles. The molecule has 2 heterocycles. The van der Waals surface area contributed by atoms with Crippen molar-refractivity contribution in [2.24, 2.45) is 0 Å². The van der Waals surface area contributed by atoms with E-state index in [1.54, 1.807) is 30.3 Å². The number of hydroxylamine groups is 1. The Morgan fingerprint density at radius 2 is 1.80 bits per heavy atom. The summed E-state index contributed by atoms with van der Waals surface area (Å²) in [5, 5.41) is -0.0712. The standard InChI is InChI=1S/C18H11ClF4N4O3/c19-9-6-10(20)15(16-13(9)14(25-30-16)8-4-2-1-3-5-8)26-12(28)7-11(18(21,22)23)27(24)17(26)29/h1-7,14,25H,24H2. The molecule has 1 unspecified atom stereocenters. The Hall–Kier alpha value is -3.31. The summed E-state index contributed by atoms with van der Waals surface area (Å²) in [6, 6.07) is 8.95. The number of aromatic nitrogens is 2. The number of nitrogens with two attached hydrogens (primary N) is 1. The molecular formula is C18H11ClF4N4O3. The van der Waals surface area contributed by atoms with Crippen LogP contribution in [0, 0.1) is 5.82 Å². The van der Waals surface area contributed by atoms with Crippen LogP contribution in [0.2, 0.25) is 5.02 Å². The highest BCUT2D eigenvalue weighted by Crippen LogP contribution is 2.44. The average molecular weight is 443 g/mol. The van der Waals surface area contributed by atoms with Crippen molar-refractivity contribution in [3.8, 4) is 11.4 Å². The molecule has 3 aromatic rings. The molecule has 1 aromatic heterocycles. The van der Waals surface area contributed by atoms with Gasteiger partial charge in [0.05, 0.1) is 11.1 Å². The molecule has 30 heavy (non-hydrogen) atoms. The Labute approximate surface area is 169 Å². The van der Waals surface area contributed by atoms with E-state index in [0.29, 0.717) is 5.56 Å². The van der Waals surface area contributed by atoms with E-state index < -0.39 is 40.7 Å². The fourth-order valence-corrected chi connectivity index (χ4v) is 3.51. The van der Waals surface area contributed by atoms with Crippen LogP contribution in [0.25, 0.3) is 5.69 Å². The maximum absolute atomic E-state index is 14.8.